The van der Waals surface area contributed by atoms with Crippen LogP contribution in [0.15, 0.2) is 52.9 Å². The van der Waals surface area contributed by atoms with Crippen molar-refractivity contribution in [2.24, 2.45) is 15.9 Å². The maximum absolute atomic E-state index is 14.2. The van der Waals surface area contributed by atoms with Crippen molar-refractivity contribution in [2.45, 2.75) is 25.7 Å². The van der Waals surface area contributed by atoms with Gasteiger partial charge in [0.25, 0.3) is 11.8 Å². The number of aromatic nitrogens is 4. The summed E-state index contributed by atoms with van der Waals surface area (Å²) in [6, 6.07) is 7.69. The second-order valence-corrected chi connectivity index (χ2v) is 7.04. The third-order valence-corrected chi connectivity index (χ3v) is 4.75. The topological polar surface area (TPSA) is 153 Å². The molecule has 1 aromatic carbocycles. The van der Waals surface area contributed by atoms with Gasteiger partial charge in [0.1, 0.15) is 6.17 Å². The van der Waals surface area contributed by atoms with Crippen molar-refractivity contribution in [2.75, 3.05) is 13.6 Å². The van der Waals surface area contributed by atoms with Crippen LogP contribution >= 0.6 is 0 Å². The van der Waals surface area contributed by atoms with Gasteiger partial charge in [0.15, 0.2) is 11.4 Å². The lowest BCUT2D eigenvalue weighted by Crippen LogP contribution is -2.32. The first-order valence-corrected chi connectivity index (χ1v) is 10.2. The number of nitrogens with two attached hydrogens (primary N) is 1. The van der Waals surface area contributed by atoms with Crippen molar-refractivity contribution in [1.29, 1.82) is 0 Å². The monoisotopic (exact) mass is 453 g/mol. The van der Waals surface area contributed by atoms with Crippen LogP contribution in [0.5, 0.6) is 0 Å². The lowest BCUT2D eigenvalue weighted by molar-refractivity contribution is -0.114. The molecular formula is C21H24FN9O2. The van der Waals surface area contributed by atoms with Gasteiger partial charge in [0.2, 0.25) is 0 Å². The highest BCUT2D eigenvalue weighted by molar-refractivity contribution is 6.60. The van der Waals surface area contributed by atoms with Gasteiger partial charge in [-0.3, -0.25) is 24.2 Å². The Morgan fingerprint density at radius 2 is 2.12 bits per heavy atom. The smallest absolute Gasteiger partial charge is 0.273 e. The minimum atomic E-state index is -1.29. The molecule has 0 bridgehead atoms. The fraction of sp³-hybridized carbons (Fsp3) is 0.286. The summed E-state index contributed by atoms with van der Waals surface area (Å²) in [6.45, 7) is 0.260. The third kappa shape index (κ3) is 6.38. The predicted molar refractivity (Wildman–Crippen MR) is 121 cm³/mol. The van der Waals surface area contributed by atoms with Gasteiger partial charge >= 0.3 is 0 Å². The van der Waals surface area contributed by atoms with E-state index >= 15 is 0 Å². The van der Waals surface area contributed by atoms with Crippen molar-refractivity contribution >= 4 is 34.5 Å². The molecule has 12 heteroatoms. The molecule has 0 spiro atoms. The first-order chi connectivity index (χ1) is 16.0. The summed E-state index contributed by atoms with van der Waals surface area (Å²) < 4.78 is 15.5. The summed E-state index contributed by atoms with van der Waals surface area (Å²) in [5, 5.41) is 18.0. The number of nitrogens with one attached hydrogen (secondary N) is 2. The predicted octanol–water partition coefficient (Wildman–Crippen LogP) is 0.616. The van der Waals surface area contributed by atoms with Crippen LogP contribution in [0.25, 0.3) is 10.8 Å². The molecule has 172 valence electrons. The number of rotatable bonds is 10. The molecule has 1 atom stereocenters. The van der Waals surface area contributed by atoms with E-state index in [-0.39, 0.29) is 43.4 Å². The maximum atomic E-state index is 14.2. The van der Waals surface area contributed by atoms with Gasteiger partial charge in [0, 0.05) is 44.3 Å². The highest BCUT2D eigenvalue weighted by atomic mass is 19.1. The van der Waals surface area contributed by atoms with E-state index in [2.05, 4.69) is 36.0 Å². The number of hydrogen-bond acceptors (Lipinski definition) is 8. The lowest BCUT2D eigenvalue weighted by Gasteiger charge is -2.08. The number of amides is 2. The van der Waals surface area contributed by atoms with E-state index in [1.807, 2.05) is 24.3 Å². The number of halogens is 1. The van der Waals surface area contributed by atoms with E-state index in [1.54, 1.807) is 12.4 Å². The van der Waals surface area contributed by atoms with Crippen LogP contribution in [0, 0.1) is 0 Å². The molecule has 2 heterocycles. The van der Waals surface area contributed by atoms with Crippen molar-refractivity contribution in [1.82, 2.24) is 30.6 Å². The first-order valence-electron chi connectivity index (χ1n) is 10.2. The summed E-state index contributed by atoms with van der Waals surface area (Å²) in [4.78, 5) is 31.9. The van der Waals surface area contributed by atoms with Gasteiger partial charge in [-0.25, -0.2) is 4.39 Å². The summed E-state index contributed by atoms with van der Waals surface area (Å²) in [5.74, 6) is 4.40. The largest absolute Gasteiger partial charge is 0.354 e. The van der Waals surface area contributed by atoms with Crippen molar-refractivity contribution in [3.8, 4) is 0 Å². The Kier molecular flexibility index (Phi) is 8.11. The van der Waals surface area contributed by atoms with Gasteiger partial charge in [-0.1, -0.05) is 29.5 Å². The number of carbonyl (C=O) groups is 2. The normalized spacial score (nSPS) is 12.7. The molecule has 0 saturated carbocycles. The minimum Gasteiger partial charge on any atom is -0.354 e. The number of carbonyl (C=O) groups excluding carboxylic acids is 2. The number of aliphatic imine (C=N–C) groups is 1. The molecule has 0 aliphatic rings. The average molecular weight is 453 g/mol. The Bertz CT molecular complexity index is 1170. The first kappa shape index (κ1) is 23.4. The fourth-order valence-corrected chi connectivity index (χ4v) is 2.99. The Labute approximate surface area is 189 Å². The Balaban J connectivity index is 1.47. The van der Waals surface area contributed by atoms with Crippen LogP contribution in [-0.2, 0) is 17.9 Å². The molecule has 0 aliphatic heterocycles. The molecule has 2 amide bonds. The Morgan fingerprint density at radius 3 is 2.91 bits per heavy atom. The SMILES string of the molecule is CNC(=O)c1cn(CCC(F)CN=CC(=NN)C(=O)NCc2cncc3ccccc23)nn1. The zero-order chi connectivity index (χ0) is 23.6. The van der Waals surface area contributed by atoms with Crippen molar-refractivity contribution in [3.05, 3.63) is 54.1 Å². The van der Waals surface area contributed by atoms with Crippen LogP contribution in [-0.4, -0.2) is 63.5 Å². The molecule has 0 aliphatic carbocycles. The van der Waals surface area contributed by atoms with Crippen LogP contribution in [0.3, 0.4) is 0 Å². The maximum Gasteiger partial charge on any atom is 0.273 e. The molecule has 4 N–H and O–H groups in total. The standard InChI is InChI=1S/C21H24FN9O2/c1-24-20(32)19-13-31(30-29-19)7-6-16(22)11-26-12-18(28-23)21(33)27-10-15-9-25-8-14-4-2-3-5-17(14)15/h2-5,8-9,12-13,16H,6-7,10-11,23H2,1H3,(H,24,32)(H,27,33). The molecule has 2 aromatic heterocycles. The zero-order valence-corrected chi connectivity index (χ0v) is 18.0. The zero-order valence-electron chi connectivity index (χ0n) is 18.0. The number of nitrogens with zero attached hydrogens (tertiary/aromatic N) is 6. The highest BCUT2D eigenvalue weighted by Gasteiger charge is 2.12. The highest BCUT2D eigenvalue weighted by Crippen LogP contribution is 2.16. The quantitative estimate of drug-likeness (QED) is 0.232. The Morgan fingerprint density at radius 1 is 1.30 bits per heavy atom. The number of fused-ring (bicyclic) bond motifs is 1. The van der Waals surface area contributed by atoms with E-state index in [0.29, 0.717) is 0 Å². The van der Waals surface area contributed by atoms with Gasteiger partial charge in [-0.15, -0.1) is 5.10 Å². The summed E-state index contributed by atoms with van der Waals surface area (Å²) in [6.07, 6.45) is 4.81. The molecule has 3 rings (SSSR count). The number of hydrogen-bond donors (Lipinski definition) is 3. The number of hydrazone groups is 1. The van der Waals surface area contributed by atoms with Gasteiger partial charge < -0.3 is 16.5 Å². The second kappa shape index (κ2) is 11.4. The average Bonchev–Trinajstić information content (AvgIpc) is 3.32. The van der Waals surface area contributed by atoms with E-state index in [1.165, 1.54) is 17.9 Å². The minimum absolute atomic E-state index is 0.100. The third-order valence-electron chi connectivity index (χ3n) is 4.75. The summed E-state index contributed by atoms with van der Waals surface area (Å²) >= 11 is 0. The summed E-state index contributed by atoms with van der Waals surface area (Å²) in [7, 11) is 1.48. The van der Waals surface area contributed by atoms with E-state index in [0.717, 1.165) is 22.6 Å². The Hall–Kier alpha value is -4.22. The van der Waals surface area contributed by atoms with Crippen LogP contribution < -0.4 is 16.5 Å². The molecule has 1 unspecified atom stereocenters. The number of alkyl halides is 1. The number of pyridine rings is 1. The lowest BCUT2D eigenvalue weighted by atomic mass is 10.1. The number of aryl methyl sites for hydroxylation is 1. The van der Waals surface area contributed by atoms with Gasteiger partial charge in [-0.05, 0) is 10.9 Å². The molecule has 33 heavy (non-hydrogen) atoms. The van der Waals surface area contributed by atoms with E-state index in [9.17, 15) is 14.0 Å². The van der Waals surface area contributed by atoms with Gasteiger partial charge in [0.05, 0.1) is 19.0 Å². The van der Waals surface area contributed by atoms with E-state index < -0.39 is 12.1 Å². The molecule has 3 aromatic rings. The van der Waals surface area contributed by atoms with Gasteiger partial charge in [-0.2, -0.15) is 5.10 Å². The van der Waals surface area contributed by atoms with Crippen LogP contribution in [0.2, 0.25) is 0 Å². The van der Waals surface area contributed by atoms with Crippen molar-refractivity contribution in [3.63, 3.8) is 0 Å². The number of benzene rings is 1. The summed E-state index contributed by atoms with van der Waals surface area (Å²) in [5.41, 5.74) is 0.869. The molecule has 0 radical (unpaired) electrons. The molecule has 0 saturated heterocycles. The van der Waals surface area contributed by atoms with Crippen LogP contribution in [0.4, 0.5) is 4.39 Å². The van der Waals surface area contributed by atoms with E-state index in [4.69, 9.17) is 5.84 Å². The molecule has 11 nitrogen and oxygen atoms in total. The second-order valence-electron chi connectivity index (χ2n) is 7.04. The van der Waals surface area contributed by atoms with Crippen LogP contribution in [0.1, 0.15) is 22.5 Å². The molecule has 0 fully saturated rings. The van der Waals surface area contributed by atoms with Crippen molar-refractivity contribution < 1.29 is 14.0 Å². The fourth-order valence-electron chi connectivity index (χ4n) is 2.99. The molecular weight excluding hydrogens is 429 g/mol.